The summed E-state index contributed by atoms with van der Waals surface area (Å²) >= 11 is 1.67. The zero-order chi connectivity index (χ0) is 11.4. The van der Waals surface area contributed by atoms with E-state index >= 15 is 0 Å². The number of pyridine rings is 1. The molecule has 0 aliphatic heterocycles. The van der Waals surface area contributed by atoms with Crippen LogP contribution < -0.4 is 0 Å². The second kappa shape index (κ2) is 4.73. The summed E-state index contributed by atoms with van der Waals surface area (Å²) in [5, 5.41) is 9.09. The molecule has 0 aromatic carbocycles. The van der Waals surface area contributed by atoms with Crippen molar-refractivity contribution < 1.29 is 0 Å². The average molecular weight is 226 g/mol. The van der Waals surface area contributed by atoms with E-state index in [0.717, 1.165) is 10.6 Å². The van der Waals surface area contributed by atoms with Gasteiger partial charge in [-0.3, -0.25) is 4.98 Å². The Hall–Kier alpha value is -1.92. The number of nitrogens with zero attached hydrogens (tertiary/aromatic N) is 2. The highest BCUT2D eigenvalue weighted by atomic mass is 32.1. The zero-order valence-electron chi connectivity index (χ0n) is 8.84. The van der Waals surface area contributed by atoms with Crippen molar-refractivity contribution in [3.63, 3.8) is 0 Å². The van der Waals surface area contributed by atoms with Crippen molar-refractivity contribution in [3.8, 4) is 6.07 Å². The molecule has 2 heterocycles. The molecule has 78 valence electrons. The molecule has 0 unspecified atom stereocenters. The third-order valence-corrected chi connectivity index (χ3v) is 3.06. The molecule has 2 aromatic heterocycles. The molecule has 0 fully saturated rings. The minimum Gasteiger partial charge on any atom is -0.256 e. The van der Waals surface area contributed by atoms with Gasteiger partial charge in [0.15, 0.2) is 0 Å². The first-order valence-electron chi connectivity index (χ1n) is 4.89. The maximum absolute atomic E-state index is 9.09. The summed E-state index contributed by atoms with van der Waals surface area (Å²) in [5.74, 6) is 0. The van der Waals surface area contributed by atoms with Crippen molar-refractivity contribution in [2.75, 3.05) is 0 Å². The van der Waals surface area contributed by atoms with Crippen LogP contribution in [0, 0.1) is 18.3 Å². The maximum atomic E-state index is 9.09. The van der Waals surface area contributed by atoms with Crippen LogP contribution in [-0.2, 0) is 0 Å². The van der Waals surface area contributed by atoms with Gasteiger partial charge in [-0.1, -0.05) is 6.07 Å². The molecule has 0 bridgehead atoms. The van der Waals surface area contributed by atoms with Crippen LogP contribution in [0.1, 0.15) is 15.4 Å². The van der Waals surface area contributed by atoms with Gasteiger partial charge in [0.2, 0.25) is 0 Å². The van der Waals surface area contributed by atoms with Crippen LogP contribution >= 0.6 is 11.3 Å². The first-order chi connectivity index (χ1) is 7.79. The molecule has 0 saturated carbocycles. The van der Waals surface area contributed by atoms with Gasteiger partial charge in [-0.25, -0.2) is 0 Å². The third kappa shape index (κ3) is 2.36. The van der Waals surface area contributed by atoms with Crippen molar-refractivity contribution in [1.82, 2.24) is 4.98 Å². The van der Waals surface area contributed by atoms with Crippen LogP contribution in [0.2, 0.25) is 0 Å². The number of hydrogen-bond donors (Lipinski definition) is 0. The van der Waals surface area contributed by atoms with Crippen molar-refractivity contribution in [1.29, 1.82) is 5.26 Å². The lowest BCUT2D eigenvalue weighted by Crippen LogP contribution is -1.84. The number of aromatic nitrogens is 1. The van der Waals surface area contributed by atoms with E-state index in [1.54, 1.807) is 17.5 Å². The Morgan fingerprint density at radius 1 is 1.38 bits per heavy atom. The molecule has 2 aromatic rings. The number of thiophene rings is 1. The van der Waals surface area contributed by atoms with Crippen molar-refractivity contribution >= 4 is 23.0 Å². The van der Waals surface area contributed by atoms with Gasteiger partial charge in [0.05, 0.1) is 11.3 Å². The molecule has 0 saturated heterocycles. The number of hydrogen-bond acceptors (Lipinski definition) is 3. The molecule has 0 spiro atoms. The fourth-order valence-electron chi connectivity index (χ4n) is 1.36. The number of allylic oxidation sites excluding steroid dienone is 1. The molecule has 0 aliphatic carbocycles. The van der Waals surface area contributed by atoms with Gasteiger partial charge in [-0.15, -0.1) is 11.3 Å². The summed E-state index contributed by atoms with van der Waals surface area (Å²) in [6.45, 7) is 2.05. The van der Waals surface area contributed by atoms with E-state index < -0.39 is 0 Å². The molecule has 0 amide bonds. The van der Waals surface area contributed by atoms with E-state index in [-0.39, 0.29) is 0 Å². The Kier molecular flexibility index (Phi) is 3.13. The van der Waals surface area contributed by atoms with Crippen LogP contribution in [0.25, 0.3) is 11.6 Å². The molecular weight excluding hydrogens is 216 g/mol. The van der Waals surface area contributed by atoms with Crippen LogP contribution in [0.4, 0.5) is 0 Å². The largest absolute Gasteiger partial charge is 0.256 e. The van der Waals surface area contributed by atoms with Crippen LogP contribution in [-0.4, -0.2) is 4.98 Å². The van der Waals surface area contributed by atoms with Gasteiger partial charge in [-0.2, -0.15) is 5.26 Å². The maximum Gasteiger partial charge on any atom is 0.101 e. The normalized spacial score (nSPS) is 11.1. The lowest BCUT2D eigenvalue weighted by molar-refractivity contribution is 1.28. The molecule has 0 atom stereocenters. The Balaban J connectivity index is 2.38. The highest BCUT2D eigenvalue weighted by Crippen LogP contribution is 2.21. The predicted molar refractivity (Wildman–Crippen MR) is 66.8 cm³/mol. The topological polar surface area (TPSA) is 36.7 Å². The Morgan fingerprint density at radius 2 is 2.25 bits per heavy atom. The first kappa shape index (κ1) is 10.6. The van der Waals surface area contributed by atoms with Crippen LogP contribution in [0.15, 0.2) is 36.5 Å². The summed E-state index contributed by atoms with van der Waals surface area (Å²) < 4.78 is 0. The SMILES string of the molecule is Cc1ccc(C=C(C#N)c2ccccn2)s1. The number of rotatable bonds is 2. The molecule has 16 heavy (non-hydrogen) atoms. The van der Waals surface area contributed by atoms with Crippen LogP contribution in [0.5, 0.6) is 0 Å². The molecule has 2 rings (SSSR count). The zero-order valence-corrected chi connectivity index (χ0v) is 9.66. The second-order valence-corrected chi connectivity index (χ2v) is 4.65. The van der Waals surface area contributed by atoms with Gasteiger partial charge >= 0.3 is 0 Å². The predicted octanol–water partition coefficient (Wildman–Crippen LogP) is 3.52. The van der Waals surface area contributed by atoms with E-state index in [0.29, 0.717) is 5.57 Å². The lowest BCUT2D eigenvalue weighted by atomic mass is 10.1. The molecule has 0 aliphatic rings. The molecule has 0 N–H and O–H groups in total. The fourth-order valence-corrected chi connectivity index (χ4v) is 2.18. The van der Waals surface area contributed by atoms with E-state index in [1.165, 1.54) is 4.88 Å². The monoisotopic (exact) mass is 226 g/mol. The average Bonchev–Trinajstić information content (AvgIpc) is 2.73. The molecule has 0 radical (unpaired) electrons. The molecular formula is C13H10N2S. The Labute approximate surface area is 98.5 Å². The van der Waals surface area contributed by atoms with Crippen LogP contribution in [0.3, 0.4) is 0 Å². The fraction of sp³-hybridized carbons (Fsp3) is 0.0769. The minimum absolute atomic E-state index is 0.599. The standard InChI is InChI=1S/C13H10N2S/c1-10-5-6-12(16-10)8-11(9-14)13-4-2-3-7-15-13/h2-8H,1H3. The van der Waals surface area contributed by atoms with Crippen molar-refractivity contribution in [2.45, 2.75) is 6.92 Å². The summed E-state index contributed by atoms with van der Waals surface area (Å²) in [5.41, 5.74) is 1.32. The van der Waals surface area contributed by atoms with Gasteiger partial charge in [0.1, 0.15) is 6.07 Å². The van der Waals surface area contributed by atoms with Gasteiger partial charge in [0.25, 0.3) is 0 Å². The van der Waals surface area contributed by atoms with Crippen molar-refractivity contribution in [2.24, 2.45) is 0 Å². The Bertz CT molecular complexity index is 547. The van der Waals surface area contributed by atoms with E-state index in [9.17, 15) is 0 Å². The van der Waals surface area contributed by atoms with E-state index in [2.05, 4.69) is 18.0 Å². The third-order valence-electron chi connectivity index (χ3n) is 2.11. The Morgan fingerprint density at radius 3 is 2.81 bits per heavy atom. The highest BCUT2D eigenvalue weighted by Gasteiger charge is 2.02. The number of aryl methyl sites for hydroxylation is 1. The quantitative estimate of drug-likeness (QED) is 0.735. The summed E-state index contributed by atoms with van der Waals surface area (Å²) in [4.78, 5) is 6.49. The van der Waals surface area contributed by atoms with E-state index in [1.807, 2.05) is 36.4 Å². The molecule has 2 nitrogen and oxygen atoms in total. The molecule has 3 heteroatoms. The summed E-state index contributed by atoms with van der Waals surface area (Å²) in [7, 11) is 0. The van der Waals surface area contributed by atoms with Crippen molar-refractivity contribution in [3.05, 3.63) is 52.0 Å². The minimum atomic E-state index is 0.599. The first-order valence-corrected chi connectivity index (χ1v) is 5.71. The lowest BCUT2D eigenvalue weighted by Gasteiger charge is -1.95. The van der Waals surface area contributed by atoms with Gasteiger partial charge in [0, 0.05) is 16.0 Å². The second-order valence-electron chi connectivity index (χ2n) is 3.33. The van der Waals surface area contributed by atoms with Gasteiger partial charge in [-0.05, 0) is 37.3 Å². The summed E-state index contributed by atoms with van der Waals surface area (Å²) in [6, 6.07) is 11.8. The summed E-state index contributed by atoms with van der Waals surface area (Å²) in [6.07, 6.45) is 3.57. The smallest absolute Gasteiger partial charge is 0.101 e. The van der Waals surface area contributed by atoms with Gasteiger partial charge < -0.3 is 0 Å². The highest BCUT2D eigenvalue weighted by molar-refractivity contribution is 7.12. The number of nitriles is 1. The van der Waals surface area contributed by atoms with E-state index in [4.69, 9.17) is 5.26 Å².